The first-order valence-electron chi connectivity index (χ1n) is 9.62. The Morgan fingerprint density at radius 2 is 1.86 bits per heavy atom. The highest BCUT2D eigenvalue weighted by molar-refractivity contribution is 7.15. The quantitative estimate of drug-likeness (QED) is 0.492. The fourth-order valence-corrected chi connectivity index (χ4v) is 4.05. The summed E-state index contributed by atoms with van der Waals surface area (Å²) in [6.07, 6.45) is 4.66. The maximum Gasteiger partial charge on any atom is 0.271 e. The first kappa shape index (κ1) is 19.1. The number of anilines is 1. The topological polar surface area (TPSA) is 63.5 Å². The molecule has 0 radical (unpaired) electrons. The fraction of sp³-hybridized carbons (Fsp3) is 0.174. The van der Waals surface area contributed by atoms with Gasteiger partial charge < -0.3 is 5.32 Å². The first-order chi connectivity index (χ1) is 14.2. The Labute approximate surface area is 172 Å². The van der Waals surface area contributed by atoms with Crippen LogP contribution in [0.5, 0.6) is 0 Å². The highest BCUT2D eigenvalue weighted by Gasteiger charge is 2.17. The molecule has 0 spiro atoms. The van der Waals surface area contributed by atoms with Gasteiger partial charge in [-0.25, -0.2) is 4.98 Å². The third-order valence-corrected chi connectivity index (χ3v) is 5.63. The number of carbonyl (C=O) groups is 1. The zero-order valence-corrected chi connectivity index (χ0v) is 16.9. The summed E-state index contributed by atoms with van der Waals surface area (Å²) in [4.78, 5) is 30.7. The fourth-order valence-electron chi connectivity index (χ4n) is 3.19. The number of aromatic nitrogens is 2. The van der Waals surface area contributed by atoms with Crippen molar-refractivity contribution in [1.82, 2.24) is 9.38 Å². The Kier molecular flexibility index (Phi) is 5.53. The van der Waals surface area contributed by atoms with Crippen LogP contribution in [0.3, 0.4) is 0 Å². The van der Waals surface area contributed by atoms with E-state index in [1.807, 2.05) is 60.0 Å². The van der Waals surface area contributed by atoms with Gasteiger partial charge in [-0.05, 0) is 36.1 Å². The summed E-state index contributed by atoms with van der Waals surface area (Å²) in [5.41, 5.74) is 3.19. The molecule has 0 atom stereocenters. The van der Waals surface area contributed by atoms with Crippen molar-refractivity contribution in [3.63, 3.8) is 0 Å². The van der Waals surface area contributed by atoms with Crippen molar-refractivity contribution < 1.29 is 4.79 Å². The van der Waals surface area contributed by atoms with E-state index < -0.39 is 5.91 Å². The number of carbonyl (C=O) groups excluding carboxylic acids is 1. The van der Waals surface area contributed by atoms with Gasteiger partial charge in [0.05, 0.1) is 5.69 Å². The maximum absolute atomic E-state index is 13.1. The van der Waals surface area contributed by atoms with E-state index in [9.17, 15) is 9.59 Å². The van der Waals surface area contributed by atoms with Gasteiger partial charge in [0.15, 0.2) is 4.96 Å². The van der Waals surface area contributed by atoms with Crippen molar-refractivity contribution in [3.05, 3.63) is 87.7 Å². The van der Waals surface area contributed by atoms with E-state index >= 15 is 0 Å². The molecule has 1 amide bonds. The summed E-state index contributed by atoms with van der Waals surface area (Å²) in [6.45, 7) is 2.16. The zero-order chi connectivity index (χ0) is 20.2. The number of nitrogens with one attached hydrogen (secondary N) is 1. The Morgan fingerprint density at radius 3 is 2.59 bits per heavy atom. The van der Waals surface area contributed by atoms with Crippen LogP contribution in [-0.2, 0) is 6.42 Å². The van der Waals surface area contributed by atoms with Crippen molar-refractivity contribution in [3.8, 4) is 11.3 Å². The number of benzene rings is 2. The lowest BCUT2D eigenvalue weighted by Crippen LogP contribution is -2.26. The van der Waals surface area contributed by atoms with Gasteiger partial charge in [0, 0.05) is 17.3 Å². The van der Waals surface area contributed by atoms with Gasteiger partial charge in [-0.2, -0.15) is 0 Å². The van der Waals surface area contributed by atoms with E-state index in [1.165, 1.54) is 27.5 Å². The molecule has 146 valence electrons. The first-order valence-corrected chi connectivity index (χ1v) is 10.5. The summed E-state index contributed by atoms with van der Waals surface area (Å²) >= 11 is 1.38. The maximum atomic E-state index is 13.1. The van der Waals surface area contributed by atoms with Crippen LogP contribution in [0.2, 0.25) is 0 Å². The van der Waals surface area contributed by atoms with Crippen molar-refractivity contribution in [2.24, 2.45) is 0 Å². The number of aryl methyl sites for hydroxylation is 1. The van der Waals surface area contributed by atoms with Gasteiger partial charge in [0.25, 0.3) is 11.5 Å². The number of fused-ring (bicyclic) bond motifs is 1. The molecule has 29 heavy (non-hydrogen) atoms. The largest absolute Gasteiger partial charge is 0.322 e. The Bertz CT molecular complexity index is 1190. The number of nitrogens with zero attached hydrogens (tertiary/aromatic N) is 2. The molecule has 4 rings (SSSR count). The molecule has 1 N–H and O–H groups in total. The summed E-state index contributed by atoms with van der Waals surface area (Å²) in [7, 11) is 0. The van der Waals surface area contributed by atoms with Gasteiger partial charge in [-0.1, -0.05) is 55.8 Å². The van der Waals surface area contributed by atoms with Gasteiger partial charge in [0.1, 0.15) is 5.56 Å². The van der Waals surface area contributed by atoms with Crippen LogP contribution in [0.4, 0.5) is 5.69 Å². The second-order valence-corrected chi connectivity index (χ2v) is 7.67. The molecule has 0 saturated carbocycles. The molecule has 0 aliphatic heterocycles. The number of rotatable bonds is 6. The van der Waals surface area contributed by atoms with Crippen LogP contribution in [0, 0.1) is 0 Å². The van der Waals surface area contributed by atoms with Crippen molar-refractivity contribution in [2.45, 2.75) is 26.2 Å². The minimum absolute atomic E-state index is 0.0214. The molecule has 0 unspecified atom stereocenters. The molecular weight excluding hydrogens is 382 g/mol. The average molecular weight is 404 g/mol. The molecule has 2 aromatic carbocycles. The summed E-state index contributed by atoms with van der Waals surface area (Å²) < 4.78 is 1.50. The minimum atomic E-state index is -0.455. The molecule has 0 aliphatic rings. The lowest BCUT2D eigenvalue weighted by molar-refractivity contribution is 0.102. The van der Waals surface area contributed by atoms with Crippen molar-refractivity contribution >= 4 is 27.9 Å². The minimum Gasteiger partial charge on any atom is -0.322 e. The molecule has 6 heteroatoms. The van der Waals surface area contributed by atoms with Crippen molar-refractivity contribution in [2.75, 3.05) is 5.32 Å². The lowest BCUT2D eigenvalue weighted by Gasteiger charge is -2.07. The Balaban J connectivity index is 1.63. The molecule has 4 aromatic rings. The van der Waals surface area contributed by atoms with Gasteiger partial charge in [-0.15, -0.1) is 11.3 Å². The molecule has 2 aromatic heterocycles. The third-order valence-electron chi connectivity index (χ3n) is 4.79. The van der Waals surface area contributed by atoms with Gasteiger partial charge in [0.2, 0.25) is 0 Å². The molecule has 0 bridgehead atoms. The monoisotopic (exact) mass is 403 g/mol. The highest BCUT2D eigenvalue weighted by Crippen LogP contribution is 2.23. The van der Waals surface area contributed by atoms with E-state index in [-0.39, 0.29) is 11.1 Å². The molecule has 0 saturated heterocycles. The number of unbranched alkanes of at least 4 members (excludes halogenated alkanes) is 1. The zero-order valence-electron chi connectivity index (χ0n) is 16.1. The second kappa shape index (κ2) is 8.41. The smallest absolute Gasteiger partial charge is 0.271 e. The number of amides is 1. The molecular formula is C23H21N3O2S. The summed E-state index contributed by atoms with van der Waals surface area (Å²) in [5.74, 6) is -0.455. The average Bonchev–Trinajstić information content (AvgIpc) is 3.19. The van der Waals surface area contributed by atoms with Crippen LogP contribution in [0.1, 0.15) is 35.7 Å². The standard InChI is InChI=1S/C23H21N3O2S/c1-2-3-7-16-10-12-18(13-11-16)25-21(27)19-14-24-23-26(22(19)28)20(15-29-23)17-8-5-4-6-9-17/h4-6,8-15H,2-3,7H2,1H3,(H,25,27). The third kappa shape index (κ3) is 3.98. The number of hydrogen-bond acceptors (Lipinski definition) is 4. The van der Waals surface area contributed by atoms with E-state index in [4.69, 9.17) is 0 Å². The Hall–Kier alpha value is -3.25. The highest BCUT2D eigenvalue weighted by atomic mass is 32.1. The summed E-state index contributed by atoms with van der Waals surface area (Å²) in [5, 5.41) is 4.69. The Morgan fingerprint density at radius 1 is 1.10 bits per heavy atom. The van der Waals surface area contributed by atoms with Crippen LogP contribution in [0.25, 0.3) is 16.2 Å². The van der Waals surface area contributed by atoms with Crippen LogP contribution >= 0.6 is 11.3 Å². The van der Waals surface area contributed by atoms with Crippen LogP contribution in [0.15, 0.2) is 71.0 Å². The van der Waals surface area contributed by atoms with E-state index in [0.717, 1.165) is 30.5 Å². The predicted molar refractivity (Wildman–Crippen MR) is 118 cm³/mol. The predicted octanol–water partition coefficient (Wildman–Crippen LogP) is 5.02. The van der Waals surface area contributed by atoms with Gasteiger partial charge >= 0.3 is 0 Å². The molecule has 2 heterocycles. The van der Waals surface area contributed by atoms with Gasteiger partial charge in [-0.3, -0.25) is 14.0 Å². The number of hydrogen-bond donors (Lipinski definition) is 1. The van der Waals surface area contributed by atoms with E-state index in [1.54, 1.807) is 0 Å². The molecule has 0 fully saturated rings. The second-order valence-electron chi connectivity index (χ2n) is 6.84. The van der Waals surface area contributed by atoms with Crippen LogP contribution < -0.4 is 10.9 Å². The normalized spacial score (nSPS) is 10.9. The molecule has 0 aliphatic carbocycles. The van der Waals surface area contributed by atoms with E-state index in [0.29, 0.717) is 10.6 Å². The summed E-state index contributed by atoms with van der Waals surface area (Å²) in [6, 6.07) is 17.4. The van der Waals surface area contributed by atoms with E-state index in [2.05, 4.69) is 17.2 Å². The lowest BCUT2D eigenvalue weighted by atomic mass is 10.1. The number of thiazole rings is 1. The SMILES string of the molecule is CCCCc1ccc(NC(=O)c2cnc3scc(-c4ccccc4)n3c2=O)cc1. The van der Waals surface area contributed by atoms with Crippen LogP contribution in [-0.4, -0.2) is 15.3 Å². The molecule has 5 nitrogen and oxygen atoms in total. The van der Waals surface area contributed by atoms with Crippen molar-refractivity contribution in [1.29, 1.82) is 0 Å².